The number of rotatable bonds is 6. The van der Waals surface area contributed by atoms with E-state index in [-0.39, 0.29) is 0 Å². The zero-order valence-corrected chi connectivity index (χ0v) is 20.9. The molecule has 2 aliphatic heterocycles. The van der Waals surface area contributed by atoms with Crippen molar-refractivity contribution in [1.29, 1.82) is 0 Å². The van der Waals surface area contributed by atoms with Crippen molar-refractivity contribution in [3.8, 4) is 5.69 Å². The minimum absolute atomic E-state index is 0.464. The van der Waals surface area contributed by atoms with Gasteiger partial charge in [-0.15, -0.1) is 0 Å². The molecule has 3 aromatic rings. The molecule has 1 N–H and O–H groups in total. The molecule has 2 fully saturated rings. The molecular formula is C26H34N8O. The summed E-state index contributed by atoms with van der Waals surface area (Å²) < 4.78 is 7.75. The van der Waals surface area contributed by atoms with Crippen LogP contribution in [0.1, 0.15) is 41.8 Å². The third-order valence-electron chi connectivity index (χ3n) is 6.68. The first kappa shape index (κ1) is 23.3. The van der Waals surface area contributed by atoms with Gasteiger partial charge in [-0.3, -0.25) is 0 Å². The maximum atomic E-state index is 5.51. The van der Waals surface area contributed by atoms with E-state index >= 15 is 0 Å². The SMILES string of the molecule is Cc1ccc(-n2c(C)cc(/C=N/Nc3nc(N4CCCCC4)nc(N4CCOCC4)n3)c2C)cc1. The third-order valence-corrected chi connectivity index (χ3v) is 6.68. The molecule has 0 aliphatic carbocycles. The number of hydrazone groups is 1. The van der Waals surface area contributed by atoms with Crippen molar-refractivity contribution >= 4 is 24.1 Å². The lowest BCUT2D eigenvalue weighted by molar-refractivity contribution is 0.122. The van der Waals surface area contributed by atoms with Crippen LogP contribution in [-0.2, 0) is 4.74 Å². The van der Waals surface area contributed by atoms with Crippen LogP contribution in [0.25, 0.3) is 5.69 Å². The monoisotopic (exact) mass is 474 g/mol. The van der Waals surface area contributed by atoms with Crippen molar-refractivity contribution in [2.24, 2.45) is 5.10 Å². The molecule has 2 aliphatic rings. The average Bonchev–Trinajstić information content (AvgIpc) is 3.18. The topological polar surface area (TPSA) is 83.7 Å². The molecule has 2 aromatic heterocycles. The van der Waals surface area contributed by atoms with Crippen molar-refractivity contribution in [2.75, 3.05) is 54.6 Å². The van der Waals surface area contributed by atoms with Crippen LogP contribution < -0.4 is 15.2 Å². The second-order valence-corrected chi connectivity index (χ2v) is 9.27. The molecule has 0 saturated carbocycles. The van der Waals surface area contributed by atoms with E-state index in [0.29, 0.717) is 25.1 Å². The van der Waals surface area contributed by atoms with Gasteiger partial charge in [0.15, 0.2) is 0 Å². The quantitative estimate of drug-likeness (QED) is 0.429. The highest BCUT2D eigenvalue weighted by Crippen LogP contribution is 2.22. The van der Waals surface area contributed by atoms with Crippen LogP contribution >= 0.6 is 0 Å². The Kier molecular flexibility index (Phi) is 6.94. The van der Waals surface area contributed by atoms with Gasteiger partial charge in [-0.1, -0.05) is 17.7 Å². The van der Waals surface area contributed by atoms with Crippen molar-refractivity contribution in [3.63, 3.8) is 0 Å². The molecule has 0 bridgehead atoms. The Morgan fingerprint density at radius 1 is 0.857 bits per heavy atom. The number of hydrogen-bond donors (Lipinski definition) is 1. The lowest BCUT2D eigenvalue weighted by atomic mass is 10.1. The van der Waals surface area contributed by atoms with Crippen LogP contribution in [0.15, 0.2) is 35.4 Å². The maximum absolute atomic E-state index is 5.51. The summed E-state index contributed by atoms with van der Waals surface area (Å²) in [5, 5.41) is 4.50. The largest absolute Gasteiger partial charge is 0.378 e. The van der Waals surface area contributed by atoms with Gasteiger partial charge in [0.05, 0.1) is 19.4 Å². The lowest BCUT2D eigenvalue weighted by Gasteiger charge is -2.30. The lowest BCUT2D eigenvalue weighted by Crippen LogP contribution is -2.38. The van der Waals surface area contributed by atoms with Gasteiger partial charge >= 0.3 is 0 Å². The summed E-state index contributed by atoms with van der Waals surface area (Å²) in [6.07, 6.45) is 5.42. The second-order valence-electron chi connectivity index (χ2n) is 9.27. The zero-order chi connectivity index (χ0) is 24.2. The Bertz CT molecular complexity index is 1140. The molecule has 0 atom stereocenters. The van der Waals surface area contributed by atoms with Crippen LogP contribution in [0.4, 0.5) is 17.8 Å². The summed E-state index contributed by atoms with van der Waals surface area (Å²) in [7, 11) is 0. The van der Waals surface area contributed by atoms with Crippen LogP contribution in [0.5, 0.6) is 0 Å². The number of benzene rings is 1. The van der Waals surface area contributed by atoms with Crippen molar-refractivity contribution < 1.29 is 4.74 Å². The molecule has 0 spiro atoms. The maximum Gasteiger partial charge on any atom is 0.250 e. The molecule has 0 radical (unpaired) electrons. The smallest absolute Gasteiger partial charge is 0.250 e. The van der Waals surface area contributed by atoms with E-state index in [9.17, 15) is 0 Å². The van der Waals surface area contributed by atoms with Crippen LogP contribution in [0.2, 0.25) is 0 Å². The van der Waals surface area contributed by atoms with Gasteiger partial charge in [0.2, 0.25) is 17.8 Å². The van der Waals surface area contributed by atoms with Gasteiger partial charge < -0.3 is 19.1 Å². The number of nitrogens with one attached hydrogen (secondary N) is 1. The normalized spacial score (nSPS) is 16.8. The number of piperidine rings is 1. The Hall–Kier alpha value is -3.46. The van der Waals surface area contributed by atoms with E-state index < -0.39 is 0 Å². The van der Waals surface area contributed by atoms with Gasteiger partial charge in [-0.2, -0.15) is 20.1 Å². The van der Waals surface area contributed by atoms with Crippen LogP contribution in [0, 0.1) is 20.8 Å². The molecule has 1 aromatic carbocycles. The second kappa shape index (κ2) is 10.4. The molecule has 4 heterocycles. The molecule has 2 saturated heterocycles. The summed E-state index contributed by atoms with van der Waals surface area (Å²) in [6, 6.07) is 10.7. The summed E-state index contributed by atoms with van der Waals surface area (Å²) in [5.41, 5.74) is 8.82. The van der Waals surface area contributed by atoms with E-state index in [1.165, 1.54) is 12.0 Å². The van der Waals surface area contributed by atoms with Gasteiger partial charge in [0.25, 0.3) is 0 Å². The van der Waals surface area contributed by atoms with Gasteiger partial charge in [0.1, 0.15) is 0 Å². The number of nitrogens with zero attached hydrogens (tertiary/aromatic N) is 7. The minimum atomic E-state index is 0.464. The molecular weight excluding hydrogens is 440 g/mol. The first-order valence-electron chi connectivity index (χ1n) is 12.5. The third kappa shape index (κ3) is 5.30. The Morgan fingerprint density at radius 3 is 2.20 bits per heavy atom. The Morgan fingerprint density at radius 2 is 1.51 bits per heavy atom. The standard InChI is InChI=1S/C26H34N8O/c1-19-7-9-23(10-8-19)34-20(2)17-22(21(34)3)18-27-31-24-28-25(32-11-5-4-6-12-32)30-26(29-24)33-13-15-35-16-14-33/h7-10,17-18H,4-6,11-16H2,1-3H3,(H,28,29,30,31)/b27-18+. The predicted octanol–water partition coefficient (Wildman–Crippen LogP) is 3.86. The van der Waals surface area contributed by atoms with Gasteiger partial charge in [-0.05, 0) is 58.2 Å². The van der Waals surface area contributed by atoms with E-state index in [1.807, 2.05) is 6.21 Å². The average molecular weight is 475 g/mol. The summed E-state index contributed by atoms with van der Waals surface area (Å²) in [6.45, 7) is 11.2. The van der Waals surface area contributed by atoms with Crippen molar-refractivity contribution in [3.05, 3.63) is 52.8 Å². The number of ether oxygens (including phenoxy) is 1. The molecule has 9 nitrogen and oxygen atoms in total. The first-order valence-corrected chi connectivity index (χ1v) is 12.5. The van der Waals surface area contributed by atoms with Crippen LogP contribution in [0.3, 0.4) is 0 Å². The number of morpholine rings is 1. The first-order chi connectivity index (χ1) is 17.1. The highest BCUT2D eigenvalue weighted by Gasteiger charge is 2.20. The Balaban J connectivity index is 1.38. The van der Waals surface area contributed by atoms with Gasteiger partial charge in [-0.25, -0.2) is 5.43 Å². The molecule has 184 valence electrons. The summed E-state index contributed by atoms with van der Waals surface area (Å²) in [4.78, 5) is 18.6. The fourth-order valence-electron chi connectivity index (χ4n) is 4.71. The Labute approximate surface area is 206 Å². The van der Waals surface area contributed by atoms with Crippen molar-refractivity contribution in [2.45, 2.75) is 40.0 Å². The highest BCUT2D eigenvalue weighted by atomic mass is 16.5. The number of aryl methyl sites for hydroxylation is 2. The summed E-state index contributed by atoms with van der Waals surface area (Å²) >= 11 is 0. The number of hydrogen-bond acceptors (Lipinski definition) is 8. The molecule has 9 heteroatoms. The molecule has 5 rings (SSSR count). The molecule has 35 heavy (non-hydrogen) atoms. The van der Waals surface area contributed by atoms with E-state index in [0.717, 1.165) is 67.6 Å². The van der Waals surface area contributed by atoms with E-state index in [2.05, 4.69) is 81.0 Å². The summed E-state index contributed by atoms with van der Waals surface area (Å²) in [5.74, 6) is 1.86. The van der Waals surface area contributed by atoms with E-state index in [4.69, 9.17) is 14.7 Å². The predicted molar refractivity (Wildman–Crippen MR) is 140 cm³/mol. The van der Waals surface area contributed by atoms with Crippen LogP contribution in [-0.4, -0.2) is 65.1 Å². The van der Waals surface area contributed by atoms with E-state index in [1.54, 1.807) is 0 Å². The fraction of sp³-hybridized carbons (Fsp3) is 0.462. The number of anilines is 3. The minimum Gasteiger partial charge on any atom is -0.378 e. The highest BCUT2D eigenvalue weighted by molar-refractivity contribution is 5.82. The molecule has 0 amide bonds. The molecule has 0 unspecified atom stereocenters. The fourth-order valence-corrected chi connectivity index (χ4v) is 4.71. The zero-order valence-electron chi connectivity index (χ0n) is 20.9. The number of aromatic nitrogens is 4. The van der Waals surface area contributed by atoms with Crippen molar-refractivity contribution in [1.82, 2.24) is 19.5 Å². The van der Waals surface area contributed by atoms with Gasteiger partial charge in [0, 0.05) is 48.8 Å².